The summed E-state index contributed by atoms with van der Waals surface area (Å²) in [5.74, 6) is 1.33. The third kappa shape index (κ3) is 3.82. The lowest BCUT2D eigenvalue weighted by Gasteiger charge is -2.15. The molecular formula is C16H20N4OS. The van der Waals surface area contributed by atoms with E-state index in [9.17, 15) is 4.79 Å². The van der Waals surface area contributed by atoms with Gasteiger partial charge in [-0.2, -0.15) is 0 Å². The van der Waals surface area contributed by atoms with E-state index in [0.717, 1.165) is 16.5 Å². The van der Waals surface area contributed by atoms with E-state index in [0.29, 0.717) is 12.3 Å². The third-order valence-electron chi connectivity index (χ3n) is 3.14. The second-order valence-corrected chi connectivity index (χ2v) is 6.85. The van der Waals surface area contributed by atoms with Gasteiger partial charge in [-0.1, -0.05) is 38.6 Å². The molecule has 0 unspecified atom stereocenters. The predicted octanol–water partition coefficient (Wildman–Crippen LogP) is 3.23. The second kappa shape index (κ2) is 6.87. The highest BCUT2D eigenvalue weighted by Gasteiger charge is 2.22. The smallest absolute Gasteiger partial charge is 0.192 e. The maximum absolute atomic E-state index is 12.1. The number of ketones is 1. The first kappa shape index (κ1) is 16.4. The minimum atomic E-state index is -0.343. The first-order valence-corrected chi connectivity index (χ1v) is 8.02. The van der Waals surface area contributed by atoms with Crippen LogP contribution in [0.3, 0.4) is 0 Å². The Labute approximate surface area is 134 Å². The van der Waals surface area contributed by atoms with Crippen LogP contribution in [0.15, 0.2) is 42.3 Å². The Morgan fingerprint density at radius 1 is 1.32 bits per heavy atom. The van der Waals surface area contributed by atoms with E-state index in [2.05, 4.69) is 21.8 Å². The molecule has 0 aliphatic heterocycles. The van der Waals surface area contributed by atoms with Crippen molar-refractivity contribution in [2.24, 2.45) is 5.41 Å². The number of rotatable bonds is 6. The molecule has 0 aliphatic carbocycles. The van der Waals surface area contributed by atoms with E-state index < -0.39 is 0 Å². The van der Waals surface area contributed by atoms with Gasteiger partial charge in [0.1, 0.15) is 5.78 Å². The zero-order valence-corrected chi connectivity index (χ0v) is 13.9. The lowest BCUT2D eigenvalue weighted by Crippen LogP contribution is -2.22. The van der Waals surface area contributed by atoms with E-state index in [4.69, 9.17) is 0 Å². The maximum atomic E-state index is 12.1. The van der Waals surface area contributed by atoms with Crippen LogP contribution in [0.4, 0.5) is 0 Å². The zero-order valence-electron chi connectivity index (χ0n) is 13.1. The van der Waals surface area contributed by atoms with Gasteiger partial charge >= 0.3 is 0 Å². The summed E-state index contributed by atoms with van der Waals surface area (Å²) in [6.45, 7) is 10.1. The maximum Gasteiger partial charge on any atom is 0.192 e. The third-order valence-corrected chi connectivity index (χ3v) is 4.10. The summed E-state index contributed by atoms with van der Waals surface area (Å²) in [5.41, 5.74) is 0.600. The minimum Gasteiger partial charge on any atom is -0.298 e. The molecule has 5 nitrogen and oxygen atoms in total. The molecule has 0 bridgehead atoms. The predicted molar refractivity (Wildman–Crippen MR) is 88.6 cm³/mol. The molecule has 0 aromatic carbocycles. The van der Waals surface area contributed by atoms with Crippen molar-refractivity contribution < 1.29 is 4.79 Å². The van der Waals surface area contributed by atoms with Gasteiger partial charge in [0.2, 0.25) is 0 Å². The molecule has 2 rings (SSSR count). The molecule has 0 amide bonds. The van der Waals surface area contributed by atoms with Crippen LogP contribution in [-0.2, 0) is 11.3 Å². The number of nitrogens with zero attached hydrogens (tertiary/aromatic N) is 4. The van der Waals surface area contributed by atoms with E-state index in [1.165, 1.54) is 11.8 Å². The molecule has 0 radical (unpaired) electrons. The van der Waals surface area contributed by atoms with Crippen molar-refractivity contribution >= 4 is 17.5 Å². The summed E-state index contributed by atoms with van der Waals surface area (Å²) in [6, 6.07) is 3.77. The van der Waals surface area contributed by atoms with Crippen LogP contribution in [0, 0.1) is 5.41 Å². The van der Waals surface area contributed by atoms with E-state index in [1.807, 2.05) is 37.5 Å². The Morgan fingerprint density at radius 3 is 2.59 bits per heavy atom. The van der Waals surface area contributed by atoms with Gasteiger partial charge in [0.15, 0.2) is 11.0 Å². The Balaban J connectivity index is 2.24. The molecule has 116 valence electrons. The van der Waals surface area contributed by atoms with Crippen LogP contribution < -0.4 is 0 Å². The van der Waals surface area contributed by atoms with E-state index >= 15 is 0 Å². The van der Waals surface area contributed by atoms with E-state index in [1.54, 1.807) is 18.5 Å². The van der Waals surface area contributed by atoms with Crippen molar-refractivity contribution in [2.75, 3.05) is 5.75 Å². The second-order valence-electron chi connectivity index (χ2n) is 5.90. The first-order valence-electron chi connectivity index (χ1n) is 7.04. The van der Waals surface area contributed by atoms with Gasteiger partial charge in [-0.3, -0.25) is 14.3 Å². The Morgan fingerprint density at radius 2 is 2.00 bits per heavy atom. The summed E-state index contributed by atoms with van der Waals surface area (Å²) in [7, 11) is 0. The molecule has 0 saturated heterocycles. The minimum absolute atomic E-state index is 0.191. The number of thioether (sulfide) groups is 1. The van der Waals surface area contributed by atoms with Crippen molar-refractivity contribution in [1.29, 1.82) is 0 Å². The van der Waals surface area contributed by atoms with Crippen LogP contribution in [0.2, 0.25) is 0 Å². The van der Waals surface area contributed by atoms with Crippen molar-refractivity contribution in [1.82, 2.24) is 19.7 Å². The van der Waals surface area contributed by atoms with Crippen molar-refractivity contribution in [3.8, 4) is 11.4 Å². The molecule has 22 heavy (non-hydrogen) atoms. The number of hydrogen-bond acceptors (Lipinski definition) is 5. The summed E-state index contributed by atoms with van der Waals surface area (Å²) >= 11 is 1.41. The molecule has 0 saturated carbocycles. The number of Topliss-reactive ketones (excluding diaryl/α,β-unsaturated/α-hetero) is 1. The average Bonchev–Trinajstić information content (AvgIpc) is 2.88. The van der Waals surface area contributed by atoms with Gasteiger partial charge in [0.05, 0.1) is 5.75 Å². The van der Waals surface area contributed by atoms with Gasteiger partial charge in [-0.25, -0.2) is 0 Å². The SMILES string of the molecule is C=CCn1c(SCC(=O)C(C)(C)C)nnc1-c1ccncc1. The van der Waals surface area contributed by atoms with Crippen molar-refractivity contribution in [3.63, 3.8) is 0 Å². The number of carbonyl (C=O) groups excluding carboxylic acids is 1. The standard InChI is InChI=1S/C16H20N4OS/c1-5-10-20-14(12-6-8-17-9-7-12)18-19-15(20)22-11-13(21)16(2,3)4/h5-9H,1,10-11H2,2-4H3. The van der Waals surface area contributed by atoms with Gasteiger partial charge in [-0.05, 0) is 12.1 Å². The van der Waals surface area contributed by atoms with Crippen molar-refractivity contribution in [2.45, 2.75) is 32.5 Å². The zero-order chi connectivity index (χ0) is 16.2. The fourth-order valence-corrected chi connectivity index (χ4v) is 2.86. The molecule has 0 spiro atoms. The lowest BCUT2D eigenvalue weighted by molar-refractivity contribution is -0.123. The van der Waals surface area contributed by atoms with Gasteiger partial charge in [0.25, 0.3) is 0 Å². The van der Waals surface area contributed by atoms with E-state index in [-0.39, 0.29) is 11.2 Å². The quantitative estimate of drug-likeness (QED) is 0.605. The molecule has 6 heteroatoms. The molecular weight excluding hydrogens is 296 g/mol. The molecule has 2 heterocycles. The highest BCUT2D eigenvalue weighted by molar-refractivity contribution is 7.99. The summed E-state index contributed by atoms with van der Waals surface area (Å²) in [6.07, 6.45) is 5.24. The fraction of sp³-hybridized carbons (Fsp3) is 0.375. The first-order chi connectivity index (χ1) is 10.4. The molecule has 0 atom stereocenters. The topological polar surface area (TPSA) is 60.7 Å². The number of allylic oxidation sites excluding steroid dienone is 1. The molecule has 0 fully saturated rings. The van der Waals surface area contributed by atoms with Crippen LogP contribution >= 0.6 is 11.8 Å². The summed E-state index contributed by atoms with van der Waals surface area (Å²) in [5, 5.41) is 9.20. The normalized spacial score (nSPS) is 11.4. The van der Waals surface area contributed by atoms with Gasteiger partial charge < -0.3 is 0 Å². The Bertz CT molecular complexity index is 659. The molecule has 2 aromatic heterocycles. The van der Waals surface area contributed by atoms with Crippen LogP contribution in [0.5, 0.6) is 0 Å². The highest BCUT2D eigenvalue weighted by atomic mass is 32.2. The van der Waals surface area contributed by atoms with Crippen LogP contribution in [-0.4, -0.2) is 31.3 Å². The summed E-state index contributed by atoms with van der Waals surface area (Å²) in [4.78, 5) is 16.1. The van der Waals surface area contributed by atoms with Crippen molar-refractivity contribution in [3.05, 3.63) is 37.2 Å². The summed E-state index contributed by atoms with van der Waals surface area (Å²) < 4.78 is 1.96. The number of aromatic nitrogens is 4. The average molecular weight is 316 g/mol. The lowest BCUT2D eigenvalue weighted by atomic mass is 9.92. The number of hydrogen-bond donors (Lipinski definition) is 0. The molecule has 0 aliphatic rings. The van der Waals surface area contributed by atoms with Crippen LogP contribution in [0.1, 0.15) is 20.8 Å². The Hall–Kier alpha value is -1.95. The monoisotopic (exact) mass is 316 g/mol. The Kier molecular flexibility index (Phi) is 5.13. The molecule has 0 N–H and O–H groups in total. The number of carbonyl (C=O) groups is 1. The largest absolute Gasteiger partial charge is 0.298 e. The molecule has 2 aromatic rings. The highest BCUT2D eigenvalue weighted by Crippen LogP contribution is 2.26. The van der Waals surface area contributed by atoms with Crippen LogP contribution in [0.25, 0.3) is 11.4 Å². The van der Waals surface area contributed by atoms with Gasteiger partial charge in [-0.15, -0.1) is 16.8 Å². The fourth-order valence-electron chi connectivity index (χ4n) is 1.75. The van der Waals surface area contributed by atoms with Gasteiger partial charge in [0, 0.05) is 29.9 Å². The number of pyridine rings is 1.